The Balaban J connectivity index is 1.86. The standard InChI is InChI=1S/C68H105N21O23/c1-30(2)21-41(59(103)85-45(67(111)112)25-49(71)93)82-62(106)46(28-90)86-57(101)39(11-9-19-75-68(72)73)80-64(108)53(32(5)6)88-63(107)47-12-10-20-89(47)66(110)34(8)78-58(102)44(26-51(96)97)83-60(104)43(23-36-27-74-29-76-36)84-65(109)52(31(3)4)87-61(105)42(22-35-13-15-37(91)16-14-35)81-54(98)33(7)77-56(100)40(17-18-50(94)95)79-55(99)38(69)24-48(70)92/h13-16,27,29-34,38-47,52-53,90-91H,9-12,17-26,28,69H2,1-8H3,(H2,70,92)(H2,71,93)(H,74,76)(H,77,100)(H,78,102)(H,79,99)(H,80,108)(H,81,98)(H,82,106)(H,83,104)(H,84,109)(H,85,103)(H,86,101)(H,87,105)(H,88,107)(H,94,95)(H,96,97)(H,111,112)(H4,72,73,75). The predicted octanol–water partition coefficient (Wildman–Crippen LogP) is -8.34. The average molecular weight is 1580 g/mol. The van der Waals surface area contributed by atoms with Crippen LogP contribution in [0, 0.1) is 17.8 Å². The molecule has 14 atom stereocenters. The van der Waals surface area contributed by atoms with Gasteiger partial charge in [0.1, 0.15) is 84.3 Å². The van der Waals surface area contributed by atoms with E-state index >= 15 is 0 Å². The number of guanidine groups is 1. The van der Waals surface area contributed by atoms with Crippen molar-refractivity contribution in [3.8, 4) is 5.75 Å². The molecule has 0 saturated carbocycles. The van der Waals surface area contributed by atoms with E-state index in [4.69, 9.17) is 28.7 Å². The highest BCUT2D eigenvalue weighted by atomic mass is 16.4. The first-order valence-electron chi connectivity index (χ1n) is 35.8. The second kappa shape index (κ2) is 45.8. The van der Waals surface area contributed by atoms with Crippen LogP contribution in [0.5, 0.6) is 5.75 Å². The molecule has 1 aromatic carbocycles. The maximum Gasteiger partial charge on any atom is 0.326 e. The number of phenols is 1. The Morgan fingerprint density at radius 1 is 0.527 bits per heavy atom. The first-order valence-corrected chi connectivity index (χ1v) is 35.8. The quantitative estimate of drug-likeness (QED) is 0.0166. The number of aliphatic hydroxyl groups is 1. The third-order valence-electron chi connectivity index (χ3n) is 17.2. The van der Waals surface area contributed by atoms with Gasteiger partial charge in [0.15, 0.2) is 5.96 Å². The van der Waals surface area contributed by atoms with Crippen LogP contribution in [-0.4, -0.2) is 257 Å². The van der Waals surface area contributed by atoms with Gasteiger partial charge in [-0.3, -0.25) is 86.5 Å². The number of phenolic OH excluding ortho intramolecular Hbond substituents is 1. The zero-order valence-corrected chi connectivity index (χ0v) is 63.2. The fraction of sp³-hybridized carbons (Fsp3) is 0.588. The van der Waals surface area contributed by atoms with Crippen molar-refractivity contribution in [2.24, 2.45) is 51.4 Å². The number of hydrogen-bond donors (Lipinski definition) is 23. The van der Waals surface area contributed by atoms with Gasteiger partial charge in [-0.1, -0.05) is 53.7 Å². The van der Waals surface area contributed by atoms with Gasteiger partial charge in [-0.2, -0.15) is 0 Å². The van der Waals surface area contributed by atoms with Crippen LogP contribution >= 0.6 is 0 Å². The molecule has 620 valence electrons. The third kappa shape index (κ3) is 32.2. The number of H-pyrrole nitrogens is 1. The number of carboxylic acids is 3. The number of nitrogens with zero attached hydrogens (tertiary/aromatic N) is 3. The van der Waals surface area contributed by atoms with E-state index in [1.807, 2.05) is 0 Å². The summed E-state index contributed by atoms with van der Waals surface area (Å²) in [5.74, 6) is -22.5. The maximum absolute atomic E-state index is 14.5. The molecule has 1 saturated heterocycles. The topological polar surface area (TPSA) is 727 Å². The zero-order chi connectivity index (χ0) is 84.5. The Bertz CT molecular complexity index is 3700. The minimum absolute atomic E-state index is 0.0168. The Kier molecular flexibility index (Phi) is 38.4. The van der Waals surface area contributed by atoms with Crippen molar-refractivity contribution in [2.75, 3.05) is 19.7 Å². The van der Waals surface area contributed by atoms with Gasteiger partial charge in [-0.25, -0.2) is 9.78 Å². The molecule has 28 N–H and O–H groups in total. The van der Waals surface area contributed by atoms with E-state index in [0.29, 0.717) is 5.56 Å². The van der Waals surface area contributed by atoms with Gasteiger partial charge in [-0.05, 0) is 87.8 Å². The molecule has 1 fully saturated rings. The highest BCUT2D eigenvalue weighted by Gasteiger charge is 2.42. The number of carbonyl (C=O) groups is 18. The lowest BCUT2D eigenvalue weighted by atomic mass is 9.99. The van der Waals surface area contributed by atoms with Crippen LogP contribution in [0.3, 0.4) is 0 Å². The Labute approximate surface area is 642 Å². The molecule has 0 bridgehead atoms. The molecule has 44 heteroatoms. The van der Waals surface area contributed by atoms with Crippen LogP contribution in [0.25, 0.3) is 0 Å². The number of amides is 15. The number of aliphatic carboxylic acids is 3. The molecule has 0 aliphatic carbocycles. The van der Waals surface area contributed by atoms with Gasteiger partial charge in [0.2, 0.25) is 88.6 Å². The number of benzene rings is 1. The summed E-state index contributed by atoms with van der Waals surface area (Å²) in [6.45, 7) is 10.6. The lowest BCUT2D eigenvalue weighted by Gasteiger charge is -2.31. The van der Waals surface area contributed by atoms with Gasteiger partial charge in [0, 0.05) is 44.2 Å². The van der Waals surface area contributed by atoms with Crippen molar-refractivity contribution < 1.29 is 112 Å². The molecular weight excluding hydrogens is 1480 g/mol. The molecule has 0 spiro atoms. The molecule has 112 heavy (non-hydrogen) atoms. The van der Waals surface area contributed by atoms with Crippen molar-refractivity contribution in [2.45, 2.75) is 217 Å². The second-order valence-corrected chi connectivity index (χ2v) is 27.8. The van der Waals surface area contributed by atoms with E-state index in [1.54, 1.807) is 13.8 Å². The van der Waals surface area contributed by atoms with E-state index in [1.165, 1.54) is 78.3 Å². The fourth-order valence-corrected chi connectivity index (χ4v) is 11.3. The van der Waals surface area contributed by atoms with Crippen molar-refractivity contribution >= 4 is 112 Å². The van der Waals surface area contributed by atoms with Gasteiger partial charge < -0.3 is 128 Å². The van der Waals surface area contributed by atoms with Gasteiger partial charge in [0.25, 0.3) is 0 Å². The SMILES string of the molecule is CC(C)CC(NC(=O)C(CO)NC(=O)C(CCCN=C(N)N)NC(=O)C(NC(=O)C1CCCN1C(=O)C(C)NC(=O)C(CC(=O)O)NC(=O)C(Cc1cnc[nH]1)NC(=O)C(NC(=O)C(Cc1ccc(O)cc1)NC(=O)C(C)NC(=O)C(CCC(=O)O)NC(=O)C(N)CC(N)=O)C(C)C)C(C)C)C(=O)NC(CC(N)=O)C(=O)O. The number of imidazole rings is 1. The molecule has 1 aliphatic heterocycles. The Hall–Kier alpha value is -12.1. The number of rotatable bonds is 48. The molecule has 2 heterocycles. The van der Waals surface area contributed by atoms with Crippen LogP contribution in [0.2, 0.25) is 0 Å². The number of aliphatic imine (C=N–C) groups is 1. The number of aromatic amines is 1. The number of nitrogens with two attached hydrogens (primary N) is 5. The number of carboxylic acid groups (broad SMARTS) is 3. The first kappa shape index (κ1) is 94.1. The van der Waals surface area contributed by atoms with E-state index in [0.717, 1.165) is 4.90 Å². The van der Waals surface area contributed by atoms with E-state index < -0.39 is 248 Å². The van der Waals surface area contributed by atoms with Gasteiger partial charge in [0.05, 0.1) is 38.2 Å². The fourth-order valence-electron chi connectivity index (χ4n) is 11.3. The van der Waals surface area contributed by atoms with Crippen LogP contribution < -0.4 is 92.5 Å². The number of carbonyl (C=O) groups excluding carboxylic acids is 15. The highest BCUT2D eigenvalue weighted by Crippen LogP contribution is 2.21. The van der Waals surface area contributed by atoms with Crippen molar-refractivity contribution in [1.29, 1.82) is 0 Å². The van der Waals surface area contributed by atoms with E-state index in [2.05, 4.69) is 78.8 Å². The smallest absolute Gasteiger partial charge is 0.326 e. The maximum atomic E-state index is 14.5. The summed E-state index contributed by atoms with van der Waals surface area (Å²) in [6, 6.07) is -17.0. The largest absolute Gasteiger partial charge is 0.508 e. The predicted molar refractivity (Wildman–Crippen MR) is 392 cm³/mol. The van der Waals surface area contributed by atoms with Crippen LogP contribution in [0.15, 0.2) is 41.8 Å². The van der Waals surface area contributed by atoms with Crippen molar-refractivity contribution in [3.63, 3.8) is 0 Å². The van der Waals surface area contributed by atoms with Crippen molar-refractivity contribution in [3.05, 3.63) is 48.0 Å². The molecule has 14 unspecified atom stereocenters. The van der Waals surface area contributed by atoms with Crippen molar-refractivity contribution in [1.82, 2.24) is 78.7 Å². The molecule has 44 nitrogen and oxygen atoms in total. The van der Waals surface area contributed by atoms with Gasteiger partial charge >= 0.3 is 17.9 Å². The highest BCUT2D eigenvalue weighted by molar-refractivity contribution is 6.01. The summed E-state index contributed by atoms with van der Waals surface area (Å²) >= 11 is 0. The second-order valence-electron chi connectivity index (χ2n) is 27.8. The summed E-state index contributed by atoms with van der Waals surface area (Å²) in [5, 5.41) is 78.0. The molecule has 1 aromatic heterocycles. The molecule has 1 aliphatic rings. The number of primary amides is 2. The van der Waals surface area contributed by atoms with Gasteiger partial charge in [-0.15, -0.1) is 0 Å². The lowest BCUT2D eigenvalue weighted by Crippen LogP contribution is -2.61. The van der Waals surface area contributed by atoms with E-state index in [9.17, 15) is 112 Å². The third-order valence-corrected chi connectivity index (χ3v) is 17.2. The lowest BCUT2D eigenvalue weighted by molar-refractivity contribution is -0.144. The number of nitrogens with one attached hydrogen (secondary N) is 13. The Morgan fingerprint density at radius 2 is 1.01 bits per heavy atom. The average Bonchev–Trinajstić information content (AvgIpc) is 1.63. The minimum atomic E-state index is -1.98. The van der Waals surface area contributed by atoms with Crippen LogP contribution in [0.4, 0.5) is 0 Å². The zero-order valence-electron chi connectivity index (χ0n) is 63.2. The summed E-state index contributed by atoms with van der Waals surface area (Å²) in [4.78, 5) is 252. The molecule has 3 rings (SSSR count). The molecule has 15 amide bonds. The number of likely N-dealkylation sites (tertiary alicyclic amines) is 1. The summed E-state index contributed by atoms with van der Waals surface area (Å²) in [7, 11) is 0. The first-order chi connectivity index (χ1) is 52.4. The number of aliphatic hydroxyl groups excluding tert-OH is 1. The molecular formula is C68H105N21O23. The summed E-state index contributed by atoms with van der Waals surface area (Å²) in [5.41, 5.74) is 27.5. The minimum Gasteiger partial charge on any atom is -0.508 e. The monoisotopic (exact) mass is 1580 g/mol. The Morgan fingerprint density at radius 3 is 1.55 bits per heavy atom. The summed E-state index contributed by atoms with van der Waals surface area (Å²) in [6.07, 6.45) is -1.97. The molecule has 2 aromatic rings. The van der Waals surface area contributed by atoms with Crippen LogP contribution in [-0.2, 0) is 99.1 Å². The van der Waals surface area contributed by atoms with E-state index in [-0.39, 0.29) is 74.9 Å². The number of hydrogen-bond acceptors (Lipinski definition) is 23. The normalized spacial score (nSPS) is 16.0. The number of aromatic nitrogens is 2. The van der Waals surface area contributed by atoms with Crippen LogP contribution in [0.1, 0.15) is 131 Å². The number of aromatic hydroxyl groups is 1. The summed E-state index contributed by atoms with van der Waals surface area (Å²) < 4.78 is 0. The molecule has 0 radical (unpaired) electrons.